The number of rotatable bonds is 5. The van der Waals surface area contributed by atoms with Gasteiger partial charge in [-0.25, -0.2) is 9.97 Å². The Hall–Kier alpha value is -1.97. The van der Waals surface area contributed by atoms with Crippen molar-refractivity contribution in [2.45, 2.75) is 17.3 Å². The largest absolute Gasteiger partial charge is 0.269 e. The highest BCUT2D eigenvalue weighted by Gasteiger charge is 2.08. The van der Waals surface area contributed by atoms with Gasteiger partial charge in [-0.05, 0) is 11.4 Å². The maximum absolute atomic E-state index is 11.9. The summed E-state index contributed by atoms with van der Waals surface area (Å²) in [5.74, 6) is 1.41. The van der Waals surface area contributed by atoms with Crippen molar-refractivity contribution < 1.29 is 0 Å². The molecule has 0 spiro atoms. The Bertz CT molecular complexity index is 985. The minimum absolute atomic E-state index is 0.0554. The summed E-state index contributed by atoms with van der Waals surface area (Å²) >= 11 is 4.62. The Kier molecular flexibility index (Phi) is 3.98. The standard InChI is InChI=1S/C14H11N5OS3/c20-12-6-9(15-14-19(12)3-5-22-14)8-23-13-16-11(17-18-13)7-10-2-1-4-21-10/h1-6H,7-8H2,(H,16,17,18). The summed E-state index contributed by atoms with van der Waals surface area (Å²) in [6.45, 7) is 0. The van der Waals surface area contributed by atoms with Gasteiger partial charge in [0.15, 0.2) is 4.96 Å². The Morgan fingerprint density at radius 3 is 3.09 bits per heavy atom. The lowest BCUT2D eigenvalue weighted by molar-refractivity contribution is 0.958. The number of thiazole rings is 1. The van der Waals surface area contributed by atoms with E-state index in [-0.39, 0.29) is 5.56 Å². The molecule has 0 aliphatic heterocycles. The lowest BCUT2D eigenvalue weighted by Crippen LogP contribution is -2.12. The second-order valence-corrected chi connectivity index (χ2v) is 7.60. The van der Waals surface area contributed by atoms with Crippen molar-refractivity contribution in [1.82, 2.24) is 24.6 Å². The molecular formula is C14H11N5OS3. The van der Waals surface area contributed by atoms with Gasteiger partial charge in [0.1, 0.15) is 5.82 Å². The van der Waals surface area contributed by atoms with Crippen molar-refractivity contribution in [2.24, 2.45) is 0 Å². The maximum atomic E-state index is 11.9. The van der Waals surface area contributed by atoms with Crippen molar-refractivity contribution >= 4 is 39.4 Å². The zero-order chi connectivity index (χ0) is 15.6. The first-order chi connectivity index (χ1) is 11.3. The fourth-order valence-corrected chi connectivity index (χ4v) is 4.26. The van der Waals surface area contributed by atoms with Gasteiger partial charge in [-0.2, -0.15) is 0 Å². The molecule has 9 heteroatoms. The highest BCUT2D eigenvalue weighted by atomic mass is 32.2. The summed E-state index contributed by atoms with van der Waals surface area (Å²) in [4.78, 5) is 22.8. The molecule has 0 saturated carbocycles. The molecule has 0 atom stereocenters. The van der Waals surface area contributed by atoms with Crippen molar-refractivity contribution in [2.75, 3.05) is 0 Å². The van der Waals surface area contributed by atoms with Crippen LogP contribution in [0.25, 0.3) is 4.96 Å². The first-order valence-corrected chi connectivity index (χ1v) is 9.55. The SMILES string of the molecule is O=c1cc(CSc2n[nH]c(Cc3cccs3)n2)nc2sccn12. The number of fused-ring (bicyclic) bond motifs is 1. The highest BCUT2D eigenvalue weighted by Crippen LogP contribution is 2.19. The van der Waals surface area contributed by atoms with E-state index in [0.29, 0.717) is 15.9 Å². The summed E-state index contributed by atoms with van der Waals surface area (Å²) < 4.78 is 1.55. The molecule has 116 valence electrons. The zero-order valence-electron chi connectivity index (χ0n) is 11.8. The molecule has 0 fully saturated rings. The van der Waals surface area contributed by atoms with E-state index in [1.807, 2.05) is 16.8 Å². The van der Waals surface area contributed by atoms with E-state index in [1.54, 1.807) is 28.0 Å². The normalized spacial score (nSPS) is 11.3. The summed E-state index contributed by atoms with van der Waals surface area (Å²) in [6, 6.07) is 5.66. The topological polar surface area (TPSA) is 75.9 Å². The van der Waals surface area contributed by atoms with Gasteiger partial charge in [0.05, 0.1) is 5.69 Å². The van der Waals surface area contributed by atoms with Gasteiger partial charge in [0, 0.05) is 34.7 Å². The second kappa shape index (κ2) is 6.26. The average molecular weight is 361 g/mol. The molecule has 0 aliphatic carbocycles. The van der Waals surface area contributed by atoms with Crippen LogP contribution in [-0.2, 0) is 12.2 Å². The molecule has 0 aromatic carbocycles. The van der Waals surface area contributed by atoms with E-state index in [4.69, 9.17) is 0 Å². The van der Waals surface area contributed by atoms with E-state index in [0.717, 1.165) is 17.9 Å². The van der Waals surface area contributed by atoms with Crippen molar-refractivity contribution in [3.05, 3.63) is 61.9 Å². The molecule has 0 unspecified atom stereocenters. The monoisotopic (exact) mass is 361 g/mol. The highest BCUT2D eigenvalue weighted by molar-refractivity contribution is 7.98. The van der Waals surface area contributed by atoms with Gasteiger partial charge in [0.25, 0.3) is 5.56 Å². The molecule has 4 aromatic rings. The van der Waals surface area contributed by atoms with Gasteiger partial charge in [-0.1, -0.05) is 17.8 Å². The van der Waals surface area contributed by atoms with Crippen LogP contribution in [0.2, 0.25) is 0 Å². The van der Waals surface area contributed by atoms with Crippen LogP contribution in [0.1, 0.15) is 16.4 Å². The number of aromatic amines is 1. The molecule has 6 nitrogen and oxygen atoms in total. The summed E-state index contributed by atoms with van der Waals surface area (Å²) in [5.41, 5.74) is 0.687. The molecule has 4 heterocycles. The number of hydrogen-bond donors (Lipinski definition) is 1. The average Bonchev–Trinajstić information content (AvgIpc) is 3.27. The van der Waals surface area contributed by atoms with Crippen LogP contribution in [0, 0.1) is 0 Å². The molecule has 0 bridgehead atoms. The molecular weight excluding hydrogens is 350 g/mol. The van der Waals surface area contributed by atoms with Gasteiger partial charge < -0.3 is 0 Å². The van der Waals surface area contributed by atoms with Crippen molar-refractivity contribution in [3.63, 3.8) is 0 Å². The van der Waals surface area contributed by atoms with E-state index < -0.39 is 0 Å². The predicted molar refractivity (Wildman–Crippen MR) is 92.4 cm³/mol. The van der Waals surface area contributed by atoms with Crippen molar-refractivity contribution in [1.29, 1.82) is 0 Å². The molecule has 0 aliphatic rings. The predicted octanol–water partition coefficient (Wildman–Crippen LogP) is 2.82. The summed E-state index contributed by atoms with van der Waals surface area (Å²) in [5, 5.41) is 11.7. The minimum Gasteiger partial charge on any atom is -0.269 e. The van der Waals surface area contributed by atoms with E-state index in [9.17, 15) is 4.79 Å². The van der Waals surface area contributed by atoms with E-state index in [2.05, 4.69) is 26.2 Å². The van der Waals surface area contributed by atoms with Crippen LogP contribution in [0.15, 0.2) is 45.1 Å². The first kappa shape index (κ1) is 14.6. The second-order valence-electron chi connectivity index (χ2n) is 4.75. The number of hydrogen-bond acceptors (Lipinski definition) is 7. The van der Waals surface area contributed by atoms with E-state index >= 15 is 0 Å². The van der Waals surface area contributed by atoms with Gasteiger partial charge in [-0.15, -0.1) is 27.8 Å². The van der Waals surface area contributed by atoms with Crippen LogP contribution < -0.4 is 5.56 Å². The van der Waals surface area contributed by atoms with Gasteiger partial charge >= 0.3 is 0 Å². The molecule has 0 amide bonds. The van der Waals surface area contributed by atoms with Crippen LogP contribution in [0.5, 0.6) is 0 Å². The van der Waals surface area contributed by atoms with Crippen LogP contribution in [0.4, 0.5) is 0 Å². The molecule has 1 N–H and O–H groups in total. The van der Waals surface area contributed by atoms with Gasteiger partial charge in [0.2, 0.25) is 5.16 Å². The smallest absolute Gasteiger partial charge is 0.258 e. The zero-order valence-corrected chi connectivity index (χ0v) is 14.2. The number of aromatic nitrogens is 5. The van der Waals surface area contributed by atoms with Crippen molar-refractivity contribution in [3.8, 4) is 0 Å². The Morgan fingerprint density at radius 1 is 1.26 bits per heavy atom. The van der Waals surface area contributed by atoms with Crippen LogP contribution in [0.3, 0.4) is 0 Å². The van der Waals surface area contributed by atoms with Crippen LogP contribution >= 0.6 is 34.4 Å². The van der Waals surface area contributed by atoms with Gasteiger partial charge in [-0.3, -0.25) is 14.3 Å². The lowest BCUT2D eigenvalue weighted by atomic mass is 10.3. The maximum Gasteiger partial charge on any atom is 0.258 e. The minimum atomic E-state index is -0.0554. The number of nitrogens with one attached hydrogen (secondary N) is 1. The molecule has 4 rings (SSSR count). The lowest BCUT2D eigenvalue weighted by Gasteiger charge is -1.98. The molecule has 23 heavy (non-hydrogen) atoms. The Labute approximate surface area is 143 Å². The number of thioether (sulfide) groups is 1. The number of nitrogens with zero attached hydrogens (tertiary/aromatic N) is 4. The fraction of sp³-hybridized carbons (Fsp3) is 0.143. The molecule has 0 saturated heterocycles. The number of thiophene rings is 1. The molecule has 4 aromatic heterocycles. The number of H-pyrrole nitrogens is 1. The third kappa shape index (κ3) is 3.21. The fourth-order valence-electron chi connectivity index (χ4n) is 2.10. The Morgan fingerprint density at radius 2 is 2.22 bits per heavy atom. The Balaban J connectivity index is 1.46. The molecule has 0 radical (unpaired) electrons. The van der Waals surface area contributed by atoms with Crippen LogP contribution in [-0.4, -0.2) is 24.6 Å². The third-order valence-corrected chi connectivity index (χ3v) is 5.65. The first-order valence-electron chi connectivity index (χ1n) is 6.80. The quantitative estimate of drug-likeness (QED) is 0.553. The van der Waals surface area contributed by atoms with E-state index in [1.165, 1.54) is 28.0 Å². The summed E-state index contributed by atoms with van der Waals surface area (Å²) in [7, 11) is 0. The third-order valence-electron chi connectivity index (χ3n) is 3.14. The summed E-state index contributed by atoms with van der Waals surface area (Å²) in [6.07, 6.45) is 2.49.